The Morgan fingerprint density at radius 1 is 1.36 bits per heavy atom. The van der Waals surface area contributed by atoms with Crippen LogP contribution in [0.25, 0.3) is 11.0 Å². The number of H-pyrrole nitrogens is 1. The first-order valence-electron chi connectivity index (χ1n) is 9.19. The number of hydrogen-bond acceptors (Lipinski definition) is 4. The molecule has 0 aromatic carbocycles. The Balaban J connectivity index is 1.56. The van der Waals surface area contributed by atoms with E-state index in [0.717, 1.165) is 41.7 Å². The molecule has 1 amide bonds. The summed E-state index contributed by atoms with van der Waals surface area (Å²) in [5.41, 5.74) is 8.17. The first-order chi connectivity index (χ1) is 11.9. The largest absolute Gasteiger partial charge is 0.390 e. The van der Waals surface area contributed by atoms with Gasteiger partial charge in [-0.25, -0.2) is 4.98 Å². The van der Waals surface area contributed by atoms with Gasteiger partial charge in [0.25, 0.3) is 5.91 Å². The minimum absolute atomic E-state index is 0.288. The summed E-state index contributed by atoms with van der Waals surface area (Å²) in [5, 5.41) is 15.4. The molecular formula is C19H24N4O2. The average Bonchev–Trinajstić information content (AvgIpc) is 2.89. The molecule has 0 aliphatic heterocycles. The van der Waals surface area contributed by atoms with Gasteiger partial charge in [0.05, 0.1) is 16.9 Å². The van der Waals surface area contributed by atoms with Gasteiger partial charge in [0, 0.05) is 23.3 Å². The van der Waals surface area contributed by atoms with E-state index < -0.39 is 11.5 Å². The van der Waals surface area contributed by atoms with Gasteiger partial charge in [-0.15, -0.1) is 0 Å². The first kappa shape index (κ1) is 15.2. The van der Waals surface area contributed by atoms with Crippen LogP contribution >= 0.6 is 0 Å². The number of aromatic nitrogens is 2. The number of fused-ring (bicyclic) bond motifs is 1. The Morgan fingerprint density at radius 3 is 2.72 bits per heavy atom. The molecule has 4 aliphatic carbocycles. The molecule has 6 heteroatoms. The lowest BCUT2D eigenvalue weighted by molar-refractivity contribution is -0.129. The van der Waals surface area contributed by atoms with E-state index in [1.807, 2.05) is 13.0 Å². The molecule has 4 aliphatic rings. The van der Waals surface area contributed by atoms with Crippen molar-refractivity contribution in [1.29, 1.82) is 0 Å². The minimum atomic E-state index is -0.460. The average molecular weight is 340 g/mol. The standard InChI is InChI=1S/C19H24N4O2/c1-9-2-13-16(14(17(20)24)8-21-18(13)22-9)23-15-11-3-10-4-12(15)7-19(25,5-10)6-11/h2,8,10-12,15,25H,3-7H2,1H3,(H2,20,24)(H2,21,22,23)/t10?,11-,12+,15+,19-. The summed E-state index contributed by atoms with van der Waals surface area (Å²) in [6.45, 7) is 1.98. The van der Waals surface area contributed by atoms with Crippen LogP contribution in [-0.2, 0) is 0 Å². The van der Waals surface area contributed by atoms with Crippen LogP contribution in [0.4, 0.5) is 5.69 Å². The Bertz CT molecular complexity index is 858. The predicted octanol–water partition coefficient (Wildman–Crippen LogP) is 2.32. The van der Waals surface area contributed by atoms with Crippen LogP contribution in [0.2, 0.25) is 0 Å². The zero-order chi connectivity index (χ0) is 17.3. The van der Waals surface area contributed by atoms with Crippen LogP contribution in [0.1, 0.15) is 48.2 Å². The fraction of sp³-hybridized carbons (Fsp3) is 0.579. The van der Waals surface area contributed by atoms with Crippen molar-refractivity contribution in [2.45, 2.75) is 50.7 Å². The molecule has 4 fully saturated rings. The van der Waals surface area contributed by atoms with Crippen LogP contribution in [0.5, 0.6) is 0 Å². The number of anilines is 1. The summed E-state index contributed by atoms with van der Waals surface area (Å²) in [6, 6.07) is 2.30. The third kappa shape index (κ3) is 2.27. The highest BCUT2D eigenvalue weighted by atomic mass is 16.3. The van der Waals surface area contributed by atoms with Crippen molar-refractivity contribution in [3.05, 3.63) is 23.5 Å². The van der Waals surface area contributed by atoms with Crippen molar-refractivity contribution >= 4 is 22.6 Å². The van der Waals surface area contributed by atoms with Gasteiger partial charge in [-0.2, -0.15) is 0 Å². The van der Waals surface area contributed by atoms with Crippen molar-refractivity contribution in [2.75, 3.05) is 5.32 Å². The van der Waals surface area contributed by atoms with Crippen molar-refractivity contribution in [1.82, 2.24) is 9.97 Å². The Morgan fingerprint density at radius 2 is 2.08 bits per heavy atom. The third-order valence-corrected chi connectivity index (χ3v) is 6.61. The predicted molar refractivity (Wildman–Crippen MR) is 95.3 cm³/mol. The van der Waals surface area contributed by atoms with E-state index in [-0.39, 0.29) is 6.04 Å². The maximum absolute atomic E-state index is 12.0. The van der Waals surface area contributed by atoms with Crippen molar-refractivity contribution in [2.24, 2.45) is 23.5 Å². The molecule has 132 valence electrons. The molecule has 4 saturated carbocycles. The van der Waals surface area contributed by atoms with Gasteiger partial charge in [-0.3, -0.25) is 4.79 Å². The van der Waals surface area contributed by atoms with Gasteiger partial charge in [0.1, 0.15) is 5.65 Å². The van der Waals surface area contributed by atoms with Crippen molar-refractivity contribution in [3.8, 4) is 0 Å². The number of nitrogens with one attached hydrogen (secondary N) is 2. The van der Waals surface area contributed by atoms with E-state index in [4.69, 9.17) is 5.73 Å². The molecule has 6 rings (SSSR count). The Hall–Kier alpha value is -2.08. The monoisotopic (exact) mass is 340 g/mol. The molecule has 0 spiro atoms. The minimum Gasteiger partial charge on any atom is -0.390 e. The SMILES string of the molecule is Cc1cc2c(N[C@H]3[C@@H]4CC5C[C@H]3C[C@@](O)(C5)C4)c(C(N)=O)cnc2[nH]1. The molecular weight excluding hydrogens is 316 g/mol. The number of amides is 1. The third-order valence-electron chi connectivity index (χ3n) is 6.61. The van der Waals surface area contributed by atoms with E-state index in [1.54, 1.807) is 6.20 Å². The molecule has 1 unspecified atom stereocenters. The van der Waals surface area contributed by atoms with E-state index in [2.05, 4.69) is 15.3 Å². The van der Waals surface area contributed by atoms with E-state index in [0.29, 0.717) is 23.3 Å². The summed E-state index contributed by atoms with van der Waals surface area (Å²) in [4.78, 5) is 19.5. The molecule has 2 heterocycles. The fourth-order valence-electron chi connectivity index (χ4n) is 5.93. The Kier molecular flexibility index (Phi) is 3.02. The van der Waals surface area contributed by atoms with E-state index >= 15 is 0 Å². The summed E-state index contributed by atoms with van der Waals surface area (Å²) in [5.74, 6) is 1.11. The highest BCUT2D eigenvalue weighted by Crippen LogP contribution is 2.56. The second kappa shape index (κ2) is 4.97. The van der Waals surface area contributed by atoms with Gasteiger partial charge >= 0.3 is 0 Å². The lowest BCUT2D eigenvalue weighted by Crippen LogP contribution is -2.59. The number of aromatic amines is 1. The molecule has 5 N–H and O–H groups in total. The normalized spacial score (nSPS) is 36.1. The van der Waals surface area contributed by atoms with Crippen molar-refractivity contribution in [3.63, 3.8) is 0 Å². The number of carbonyl (C=O) groups excluding carboxylic acids is 1. The fourth-order valence-corrected chi connectivity index (χ4v) is 5.93. The molecule has 0 radical (unpaired) electrons. The Labute approximate surface area is 146 Å². The van der Waals surface area contributed by atoms with Crippen LogP contribution in [0.15, 0.2) is 12.3 Å². The van der Waals surface area contributed by atoms with Crippen LogP contribution in [-0.4, -0.2) is 32.6 Å². The molecule has 5 atom stereocenters. The number of pyridine rings is 1. The topological polar surface area (TPSA) is 104 Å². The van der Waals surface area contributed by atoms with E-state index in [1.165, 1.54) is 12.8 Å². The first-order valence-corrected chi connectivity index (χ1v) is 9.19. The second-order valence-electron chi connectivity index (χ2n) is 8.49. The number of hydrogen-bond donors (Lipinski definition) is 4. The van der Waals surface area contributed by atoms with Gasteiger partial charge < -0.3 is 21.1 Å². The number of nitrogens with zero attached hydrogens (tertiary/aromatic N) is 1. The molecule has 2 aromatic heterocycles. The lowest BCUT2D eigenvalue weighted by atomic mass is 9.52. The maximum atomic E-state index is 12.0. The molecule has 6 nitrogen and oxygen atoms in total. The number of rotatable bonds is 3. The zero-order valence-corrected chi connectivity index (χ0v) is 14.4. The number of nitrogens with two attached hydrogens (primary N) is 1. The van der Waals surface area contributed by atoms with Crippen LogP contribution in [0.3, 0.4) is 0 Å². The molecule has 2 aromatic rings. The summed E-state index contributed by atoms with van der Waals surface area (Å²) in [7, 11) is 0. The number of primary amides is 1. The number of aryl methyl sites for hydroxylation is 1. The van der Waals surface area contributed by atoms with Gasteiger partial charge in [0.2, 0.25) is 0 Å². The summed E-state index contributed by atoms with van der Waals surface area (Å²) < 4.78 is 0. The zero-order valence-electron chi connectivity index (χ0n) is 14.4. The summed E-state index contributed by atoms with van der Waals surface area (Å²) >= 11 is 0. The highest BCUT2D eigenvalue weighted by Gasteiger charge is 2.54. The number of aliphatic hydroxyl groups is 1. The van der Waals surface area contributed by atoms with Gasteiger partial charge in [-0.05, 0) is 62.8 Å². The molecule has 4 bridgehead atoms. The second-order valence-corrected chi connectivity index (χ2v) is 8.49. The van der Waals surface area contributed by atoms with Gasteiger partial charge in [-0.1, -0.05) is 0 Å². The molecule has 0 saturated heterocycles. The molecule has 25 heavy (non-hydrogen) atoms. The quantitative estimate of drug-likeness (QED) is 0.688. The number of carbonyl (C=O) groups is 1. The van der Waals surface area contributed by atoms with Gasteiger partial charge in [0.15, 0.2) is 0 Å². The maximum Gasteiger partial charge on any atom is 0.252 e. The van der Waals surface area contributed by atoms with E-state index in [9.17, 15) is 9.90 Å². The smallest absolute Gasteiger partial charge is 0.252 e. The highest BCUT2D eigenvalue weighted by molar-refractivity contribution is 6.06. The summed E-state index contributed by atoms with van der Waals surface area (Å²) in [6.07, 6.45) is 6.60. The van der Waals surface area contributed by atoms with Crippen LogP contribution in [0, 0.1) is 24.7 Å². The lowest BCUT2D eigenvalue weighted by Gasteiger charge is -2.58. The van der Waals surface area contributed by atoms with Crippen LogP contribution < -0.4 is 11.1 Å². The van der Waals surface area contributed by atoms with Crippen molar-refractivity contribution < 1.29 is 9.90 Å².